The van der Waals surface area contributed by atoms with E-state index in [0.29, 0.717) is 12.2 Å². The van der Waals surface area contributed by atoms with E-state index in [0.717, 1.165) is 38.9 Å². The minimum absolute atomic E-state index is 0.346. The molecule has 0 N–H and O–H groups in total. The van der Waals surface area contributed by atoms with Gasteiger partial charge in [-0.2, -0.15) is 0 Å². The van der Waals surface area contributed by atoms with Crippen molar-refractivity contribution in [2.45, 2.75) is 77.4 Å². The first-order valence-corrected chi connectivity index (χ1v) is 7.91. The zero-order valence-electron chi connectivity index (χ0n) is 13.5. The molecule has 0 amide bonds. The van der Waals surface area contributed by atoms with Crippen LogP contribution in [0.4, 0.5) is 0 Å². The van der Waals surface area contributed by atoms with Gasteiger partial charge in [-0.25, -0.2) is 0 Å². The van der Waals surface area contributed by atoms with Crippen LogP contribution >= 0.6 is 0 Å². The highest BCUT2D eigenvalue weighted by molar-refractivity contribution is 4.65. The predicted molar refractivity (Wildman–Crippen MR) is 80.7 cm³/mol. The maximum absolute atomic E-state index is 6.30. The van der Waals surface area contributed by atoms with Crippen LogP contribution < -0.4 is 0 Å². The lowest BCUT2D eigenvalue weighted by atomic mass is 10.1. The van der Waals surface area contributed by atoms with Gasteiger partial charge in [-0.05, 0) is 25.7 Å². The summed E-state index contributed by atoms with van der Waals surface area (Å²) in [5.41, 5.74) is 0. The number of methoxy groups -OCH3 is 2. The first-order valence-electron chi connectivity index (χ1n) is 7.91. The first kappa shape index (κ1) is 18.9. The largest absolute Gasteiger partial charge is 0.385 e. The highest BCUT2D eigenvalue weighted by Gasteiger charge is 2.16. The van der Waals surface area contributed by atoms with Crippen molar-refractivity contribution in [3.05, 3.63) is 0 Å². The van der Waals surface area contributed by atoms with Gasteiger partial charge in [-0.3, -0.25) is 0 Å². The Bertz CT molecular complexity index is 139. The molecular formula is C16H34O3. The molecule has 116 valence electrons. The summed E-state index contributed by atoms with van der Waals surface area (Å²) in [6.07, 6.45) is 9.92. The number of hydrogen-bond acceptors (Lipinski definition) is 3. The minimum atomic E-state index is 0.346. The Morgan fingerprint density at radius 3 is 1.42 bits per heavy atom. The number of rotatable bonds is 14. The molecule has 0 spiro atoms. The van der Waals surface area contributed by atoms with Gasteiger partial charge < -0.3 is 14.2 Å². The maximum atomic E-state index is 6.30. The van der Waals surface area contributed by atoms with Gasteiger partial charge in [0, 0.05) is 27.4 Å². The Hall–Kier alpha value is -0.120. The highest BCUT2D eigenvalue weighted by atomic mass is 16.5. The minimum Gasteiger partial charge on any atom is -0.385 e. The zero-order chi connectivity index (χ0) is 14.3. The number of hydrogen-bond donors (Lipinski definition) is 0. The molecule has 0 aliphatic rings. The smallest absolute Gasteiger partial charge is 0.0600 e. The fourth-order valence-electron chi connectivity index (χ4n) is 2.20. The predicted octanol–water partition coefficient (Wildman–Crippen LogP) is 4.19. The molecule has 3 heteroatoms. The SMILES string of the molecule is CCCCC(CCOC)OC(CCCC)CCOC. The van der Waals surface area contributed by atoms with Crippen LogP contribution in [0.3, 0.4) is 0 Å². The van der Waals surface area contributed by atoms with E-state index in [1.165, 1.54) is 25.7 Å². The third-order valence-electron chi connectivity index (χ3n) is 3.43. The van der Waals surface area contributed by atoms with Crippen molar-refractivity contribution in [3.63, 3.8) is 0 Å². The van der Waals surface area contributed by atoms with Crippen LogP contribution in [-0.4, -0.2) is 39.6 Å². The molecule has 0 radical (unpaired) electrons. The Labute approximate surface area is 120 Å². The lowest BCUT2D eigenvalue weighted by molar-refractivity contribution is -0.0463. The van der Waals surface area contributed by atoms with Crippen molar-refractivity contribution in [3.8, 4) is 0 Å². The average molecular weight is 274 g/mol. The highest BCUT2D eigenvalue weighted by Crippen LogP contribution is 2.17. The van der Waals surface area contributed by atoms with Crippen LogP contribution in [-0.2, 0) is 14.2 Å². The van der Waals surface area contributed by atoms with Crippen LogP contribution in [0.5, 0.6) is 0 Å². The Morgan fingerprint density at radius 2 is 1.11 bits per heavy atom. The van der Waals surface area contributed by atoms with E-state index in [2.05, 4.69) is 13.8 Å². The molecule has 0 aromatic carbocycles. The Kier molecular flexibility index (Phi) is 14.2. The molecule has 0 bridgehead atoms. The van der Waals surface area contributed by atoms with E-state index in [-0.39, 0.29) is 0 Å². The second kappa shape index (κ2) is 14.3. The third kappa shape index (κ3) is 11.4. The van der Waals surface area contributed by atoms with Crippen LogP contribution in [0.1, 0.15) is 65.2 Å². The molecular weight excluding hydrogens is 240 g/mol. The van der Waals surface area contributed by atoms with Crippen molar-refractivity contribution in [1.29, 1.82) is 0 Å². The second-order valence-electron chi connectivity index (χ2n) is 5.23. The summed E-state index contributed by atoms with van der Waals surface area (Å²) < 4.78 is 16.7. The van der Waals surface area contributed by atoms with E-state index < -0.39 is 0 Å². The third-order valence-corrected chi connectivity index (χ3v) is 3.43. The van der Waals surface area contributed by atoms with Crippen molar-refractivity contribution >= 4 is 0 Å². The second-order valence-corrected chi connectivity index (χ2v) is 5.23. The maximum Gasteiger partial charge on any atom is 0.0600 e. The monoisotopic (exact) mass is 274 g/mol. The van der Waals surface area contributed by atoms with Crippen LogP contribution in [0.15, 0.2) is 0 Å². The van der Waals surface area contributed by atoms with Crippen LogP contribution in [0.2, 0.25) is 0 Å². The quantitative estimate of drug-likeness (QED) is 0.475. The molecule has 0 aromatic rings. The molecule has 0 aliphatic carbocycles. The lowest BCUT2D eigenvalue weighted by Crippen LogP contribution is -2.25. The van der Waals surface area contributed by atoms with Gasteiger partial charge in [0.15, 0.2) is 0 Å². The fraction of sp³-hybridized carbons (Fsp3) is 1.00. The molecule has 0 rings (SSSR count). The van der Waals surface area contributed by atoms with Crippen LogP contribution in [0, 0.1) is 0 Å². The number of ether oxygens (including phenoxy) is 3. The van der Waals surface area contributed by atoms with Crippen molar-refractivity contribution in [1.82, 2.24) is 0 Å². The molecule has 3 nitrogen and oxygen atoms in total. The molecule has 2 unspecified atom stereocenters. The summed E-state index contributed by atoms with van der Waals surface area (Å²) >= 11 is 0. The van der Waals surface area contributed by atoms with Crippen molar-refractivity contribution in [2.75, 3.05) is 27.4 Å². The van der Waals surface area contributed by atoms with Gasteiger partial charge in [0.2, 0.25) is 0 Å². The molecule has 0 heterocycles. The summed E-state index contributed by atoms with van der Waals surface area (Å²) in [4.78, 5) is 0. The van der Waals surface area contributed by atoms with Crippen LogP contribution in [0.25, 0.3) is 0 Å². The number of unbranched alkanes of at least 4 members (excludes halogenated alkanes) is 2. The summed E-state index contributed by atoms with van der Waals surface area (Å²) in [6, 6.07) is 0. The molecule has 0 saturated heterocycles. The van der Waals surface area contributed by atoms with Gasteiger partial charge >= 0.3 is 0 Å². The molecule has 0 saturated carbocycles. The topological polar surface area (TPSA) is 27.7 Å². The zero-order valence-corrected chi connectivity index (χ0v) is 13.5. The molecule has 19 heavy (non-hydrogen) atoms. The van der Waals surface area contributed by atoms with E-state index in [9.17, 15) is 0 Å². The molecule has 0 aliphatic heterocycles. The summed E-state index contributed by atoms with van der Waals surface area (Å²) in [5, 5.41) is 0. The van der Waals surface area contributed by atoms with E-state index in [1.54, 1.807) is 14.2 Å². The summed E-state index contributed by atoms with van der Waals surface area (Å²) in [6.45, 7) is 6.04. The average Bonchev–Trinajstić information content (AvgIpc) is 2.44. The Balaban J connectivity index is 4.16. The van der Waals surface area contributed by atoms with Crippen molar-refractivity contribution < 1.29 is 14.2 Å². The normalized spacial score (nSPS) is 14.5. The van der Waals surface area contributed by atoms with Crippen molar-refractivity contribution in [2.24, 2.45) is 0 Å². The van der Waals surface area contributed by atoms with Gasteiger partial charge in [-0.1, -0.05) is 39.5 Å². The summed E-state index contributed by atoms with van der Waals surface area (Å²) in [5.74, 6) is 0. The summed E-state index contributed by atoms with van der Waals surface area (Å²) in [7, 11) is 3.52. The van der Waals surface area contributed by atoms with Gasteiger partial charge in [0.05, 0.1) is 12.2 Å². The lowest BCUT2D eigenvalue weighted by Gasteiger charge is -2.25. The van der Waals surface area contributed by atoms with E-state index in [4.69, 9.17) is 14.2 Å². The van der Waals surface area contributed by atoms with Gasteiger partial charge in [0.25, 0.3) is 0 Å². The first-order chi connectivity index (χ1) is 9.28. The van der Waals surface area contributed by atoms with E-state index in [1.807, 2.05) is 0 Å². The fourth-order valence-corrected chi connectivity index (χ4v) is 2.20. The molecule has 0 aromatic heterocycles. The standard InChI is InChI=1S/C16H34O3/c1-5-7-9-15(11-13-17-3)19-16(10-8-6-2)12-14-18-4/h15-16H,5-14H2,1-4H3. The Morgan fingerprint density at radius 1 is 0.684 bits per heavy atom. The molecule has 0 fully saturated rings. The molecule has 2 atom stereocenters. The van der Waals surface area contributed by atoms with E-state index >= 15 is 0 Å². The van der Waals surface area contributed by atoms with Gasteiger partial charge in [0.1, 0.15) is 0 Å². The van der Waals surface area contributed by atoms with Gasteiger partial charge in [-0.15, -0.1) is 0 Å².